The Morgan fingerprint density at radius 3 is 2.04 bits per heavy atom. The summed E-state index contributed by atoms with van der Waals surface area (Å²) in [6, 6.07) is 5.06. The number of hydrogen-bond acceptors (Lipinski definition) is 2. The summed E-state index contributed by atoms with van der Waals surface area (Å²) in [6.45, 7) is 13.3. The molecule has 24 heavy (non-hydrogen) atoms. The lowest BCUT2D eigenvalue weighted by molar-refractivity contribution is -0.123. The topological polar surface area (TPSA) is 69.6 Å². The fourth-order valence-electron chi connectivity index (χ4n) is 2.88. The summed E-state index contributed by atoms with van der Waals surface area (Å²) in [4.78, 5) is 26.0. The molecule has 1 atom stereocenters. The minimum atomic E-state index is -1.08. The van der Waals surface area contributed by atoms with Crippen LogP contribution in [0.3, 0.4) is 0 Å². The van der Waals surface area contributed by atoms with Gasteiger partial charge in [-0.05, 0) is 58.1 Å². The van der Waals surface area contributed by atoms with Crippen molar-refractivity contribution in [3.8, 4) is 0 Å². The number of aryl methyl sites for hydroxylation is 2. The number of nitrogens with one attached hydrogen (secondary N) is 1. The minimum Gasteiger partial charge on any atom is -0.465 e. The average Bonchev–Trinajstić information content (AvgIpc) is 2.39. The van der Waals surface area contributed by atoms with Crippen LogP contribution in [0.25, 0.3) is 0 Å². The van der Waals surface area contributed by atoms with E-state index in [2.05, 4.69) is 5.32 Å². The number of carboxylic acid groups (broad SMARTS) is 1. The Hall–Kier alpha value is -2.04. The Kier molecular flexibility index (Phi) is 6.41. The monoisotopic (exact) mass is 334 g/mol. The normalized spacial score (nSPS) is 12.8. The Bertz CT molecular complexity index is 583. The zero-order chi connectivity index (χ0) is 18.7. The molecular formula is C19H30N2O3. The van der Waals surface area contributed by atoms with Crippen LogP contribution in [-0.4, -0.2) is 33.6 Å². The van der Waals surface area contributed by atoms with Crippen LogP contribution in [0.2, 0.25) is 0 Å². The van der Waals surface area contributed by atoms with E-state index in [4.69, 9.17) is 0 Å². The first-order valence-electron chi connectivity index (χ1n) is 8.34. The van der Waals surface area contributed by atoms with E-state index in [0.29, 0.717) is 6.42 Å². The van der Waals surface area contributed by atoms with Crippen LogP contribution in [0, 0.1) is 19.8 Å². The SMILES string of the molecule is Cc1cccc(C)c1NC(=O)C(CC(C)C)N(C(=O)O)C(C)(C)C. The number of rotatable bonds is 5. The number of carbonyl (C=O) groups is 2. The van der Waals surface area contributed by atoms with E-state index < -0.39 is 17.7 Å². The van der Waals surface area contributed by atoms with Gasteiger partial charge in [-0.15, -0.1) is 0 Å². The Balaban J connectivity index is 3.20. The van der Waals surface area contributed by atoms with Crippen molar-refractivity contribution in [2.45, 2.75) is 66.5 Å². The number of carbonyl (C=O) groups excluding carboxylic acids is 1. The maximum atomic E-state index is 12.9. The minimum absolute atomic E-state index is 0.197. The van der Waals surface area contributed by atoms with Gasteiger partial charge >= 0.3 is 6.09 Å². The first kappa shape index (κ1) is 20.0. The highest BCUT2D eigenvalue weighted by Crippen LogP contribution is 2.25. The summed E-state index contributed by atoms with van der Waals surface area (Å²) >= 11 is 0. The maximum Gasteiger partial charge on any atom is 0.408 e. The molecule has 0 aliphatic rings. The van der Waals surface area contributed by atoms with Crippen molar-refractivity contribution < 1.29 is 14.7 Å². The van der Waals surface area contributed by atoms with Crippen LogP contribution in [-0.2, 0) is 4.79 Å². The Morgan fingerprint density at radius 2 is 1.67 bits per heavy atom. The van der Waals surface area contributed by atoms with Gasteiger partial charge in [0.15, 0.2) is 0 Å². The highest BCUT2D eigenvalue weighted by molar-refractivity contribution is 5.97. The van der Waals surface area contributed by atoms with Gasteiger partial charge < -0.3 is 10.4 Å². The molecule has 1 aromatic carbocycles. The molecule has 1 aromatic rings. The summed E-state index contributed by atoms with van der Waals surface area (Å²) < 4.78 is 0. The average molecular weight is 334 g/mol. The predicted molar refractivity (Wildman–Crippen MR) is 97.4 cm³/mol. The summed E-state index contributed by atoms with van der Waals surface area (Å²) in [6.07, 6.45) is -0.606. The lowest BCUT2D eigenvalue weighted by Gasteiger charge is -2.39. The van der Waals surface area contributed by atoms with Crippen LogP contribution in [0.15, 0.2) is 18.2 Å². The molecule has 5 heteroatoms. The van der Waals surface area contributed by atoms with Gasteiger partial charge in [0, 0.05) is 11.2 Å². The summed E-state index contributed by atoms with van der Waals surface area (Å²) in [7, 11) is 0. The molecule has 0 heterocycles. The van der Waals surface area contributed by atoms with Crippen molar-refractivity contribution in [1.82, 2.24) is 4.90 Å². The highest BCUT2D eigenvalue weighted by atomic mass is 16.4. The third kappa shape index (κ3) is 4.98. The van der Waals surface area contributed by atoms with E-state index in [1.807, 2.05) is 45.9 Å². The van der Waals surface area contributed by atoms with Gasteiger partial charge in [0.1, 0.15) is 6.04 Å². The first-order valence-corrected chi connectivity index (χ1v) is 8.34. The third-order valence-corrected chi connectivity index (χ3v) is 3.97. The van der Waals surface area contributed by atoms with Gasteiger partial charge in [-0.2, -0.15) is 0 Å². The summed E-state index contributed by atoms with van der Waals surface area (Å²) in [5.41, 5.74) is 2.02. The van der Waals surface area contributed by atoms with Crippen molar-refractivity contribution in [2.75, 3.05) is 5.32 Å². The zero-order valence-corrected chi connectivity index (χ0v) is 15.8. The van der Waals surface area contributed by atoms with Crippen molar-refractivity contribution in [2.24, 2.45) is 5.92 Å². The molecule has 0 radical (unpaired) electrons. The van der Waals surface area contributed by atoms with E-state index in [1.54, 1.807) is 20.8 Å². The van der Waals surface area contributed by atoms with Crippen LogP contribution in [0.4, 0.5) is 10.5 Å². The van der Waals surface area contributed by atoms with E-state index in [-0.39, 0.29) is 11.8 Å². The Labute approximate surface area is 145 Å². The number of hydrogen-bond donors (Lipinski definition) is 2. The highest BCUT2D eigenvalue weighted by Gasteiger charge is 2.37. The van der Waals surface area contributed by atoms with E-state index in [9.17, 15) is 14.7 Å². The molecule has 0 saturated heterocycles. The summed E-state index contributed by atoms with van der Waals surface area (Å²) in [5, 5.41) is 12.6. The second-order valence-corrected chi connectivity index (χ2v) is 7.72. The molecule has 0 bridgehead atoms. The molecule has 2 amide bonds. The van der Waals surface area contributed by atoms with Crippen LogP contribution < -0.4 is 5.32 Å². The molecule has 0 spiro atoms. The fourth-order valence-corrected chi connectivity index (χ4v) is 2.88. The number of benzene rings is 1. The zero-order valence-electron chi connectivity index (χ0n) is 15.8. The van der Waals surface area contributed by atoms with Crippen LogP contribution >= 0.6 is 0 Å². The molecule has 0 aliphatic heterocycles. The van der Waals surface area contributed by atoms with E-state index in [1.165, 1.54) is 4.90 Å². The van der Waals surface area contributed by atoms with Crippen molar-refractivity contribution >= 4 is 17.7 Å². The lowest BCUT2D eigenvalue weighted by atomic mass is 9.96. The molecule has 134 valence electrons. The Morgan fingerprint density at radius 1 is 1.17 bits per heavy atom. The van der Waals surface area contributed by atoms with Gasteiger partial charge in [-0.1, -0.05) is 32.0 Å². The smallest absolute Gasteiger partial charge is 0.408 e. The van der Waals surface area contributed by atoms with Crippen molar-refractivity contribution in [1.29, 1.82) is 0 Å². The number of anilines is 1. The van der Waals surface area contributed by atoms with E-state index >= 15 is 0 Å². The van der Waals surface area contributed by atoms with Gasteiger partial charge in [0.05, 0.1) is 0 Å². The molecular weight excluding hydrogens is 304 g/mol. The third-order valence-electron chi connectivity index (χ3n) is 3.97. The fraction of sp³-hybridized carbons (Fsp3) is 0.579. The largest absolute Gasteiger partial charge is 0.465 e. The molecule has 1 rings (SSSR count). The lowest BCUT2D eigenvalue weighted by Crippen LogP contribution is -2.56. The standard InChI is InChI=1S/C19H30N2O3/c1-12(2)11-15(21(18(23)24)19(5,6)7)17(22)20-16-13(3)9-8-10-14(16)4/h8-10,12,15H,11H2,1-7H3,(H,20,22)(H,23,24). The van der Waals surface area contributed by atoms with Crippen LogP contribution in [0.5, 0.6) is 0 Å². The second kappa shape index (κ2) is 7.69. The molecule has 0 aliphatic carbocycles. The number of amides is 2. The molecule has 0 aromatic heterocycles. The molecule has 1 unspecified atom stereocenters. The molecule has 0 fully saturated rings. The molecule has 0 saturated carbocycles. The van der Waals surface area contributed by atoms with Crippen molar-refractivity contribution in [3.05, 3.63) is 29.3 Å². The number of para-hydroxylation sites is 1. The van der Waals surface area contributed by atoms with E-state index in [0.717, 1.165) is 16.8 Å². The van der Waals surface area contributed by atoms with Crippen molar-refractivity contribution in [3.63, 3.8) is 0 Å². The molecule has 5 nitrogen and oxygen atoms in total. The van der Waals surface area contributed by atoms with Crippen LogP contribution in [0.1, 0.15) is 52.2 Å². The quantitative estimate of drug-likeness (QED) is 0.836. The number of nitrogens with zero attached hydrogens (tertiary/aromatic N) is 1. The molecule has 2 N–H and O–H groups in total. The second-order valence-electron chi connectivity index (χ2n) is 7.72. The van der Waals surface area contributed by atoms with Gasteiger partial charge in [-0.3, -0.25) is 9.69 Å². The van der Waals surface area contributed by atoms with Gasteiger partial charge in [0.2, 0.25) is 5.91 Å². The summed E-state index contributed by atoms with van der Waals surface area (Å²) in [5.74, 6) is -0.0821. The maximum absolute atomic E-state index is 12.9. The predicted octanol–water partition coefficient (Wildman–Crippen LogP) is 4.44. The van der Waals surface area contributed by atoms with Gasteiger partial charge in [0.25, 0.3) is 0 Å². The first-order chi connectivity index (χ1) is 10.9. The van der Waals surface area contributed by atoms with Gasteiger partial charge in [-0.25, -0.2) is 4.79 Å².